The predicted molar refractivity (Wildman–Crippen MR) is 80.7 cm³/mol. The van der Waals surface area contributed by atoms with E-state index in [0.29, 0.717) is 28.4 Å². The molecule has 1 aliphatic heterocycles. The van der Waals surface area contributed by atoms with E-state index >= 15 is 0 Å². The molecule has 3 rings (SSSR count). The zero-order valence-electron chi connectivity index (χ0n) is 11.5. The van der Waals surface area contributed by atoms with Crippen LogP contribution in [0, 0.1) is 0 Å². The maximum absolute atomic E-state index is 12.7. The maximum Gasteiger partial charge on any atom is 0.272 e. The zero-order valence-corrected chi connectivity index (χ0v) is 12.3. The van der Waals surface area contributed by atoms with E-state index in [1.165, 1.54) is 4.90 Å². The molecule has 0 aliphatic carbocycles. The van der Waals surface area contributed by atoms with E-state index in [1.807, 2.05) is 25.1 Å². The van der Waals surface area contributed by atoms with Crippen LogP contribution in [0.5, 0.6) is 0 Å². The number of nitrogens with one attached hydrogen (secondary N) is 1. The van der Waals surface area contributed by atoms with Crippen LogP contribution in [0.4, 0.5) is 11.4 Å². The highest BCUT2D eigenvalue weighted by atomic mass is 32.1. The largest absolute Gasteiger partial charge is 0.323 e. The Kier molecular flexibility index (Phi) is 3.66. The first-order valence-electron chi connectivity index (χ1n) is 6.72. The molecule has 1 aromatic heterocycles. The van der Waals surface area contributed by atoms with E-state index in [4.69, 9.17) is 0 Å². The first kappa shape index (κ1) is 13.7. The van der Waals surface area contributed by atoms with Crippen LogP contribution >= 0.6 is 11.5 Å². The summed E-state index contributed by atoms with van der Waals surface area (Å²) in [6.45, 7) is 2.04. The standard InChI is InChI=1S/C14H14N4O2S/c1-2-5-10-13(21-17-16-10)14(20)18-8-12(19)15-9-6-3-4-7-11(9)18/h3-4,6-7H,2,5,8H2,1H3,(H,15,19). The summed E-state index contributed by atoms with van der Waals surface area (Å²) in [7, 11) is 0. The summed E-state index contributed by atoms with van der Waals surface area (Å²) in [5, 5.41) is 6.79. The molecule has 1 aliphatic rings. The van der Waals surface area contributed by atoms with Gasteiger partial charge in [0.15, 0.2) is 0 Å². The van der Waals surface area contributed by atoms with Crippen molar-refractivity contribution in [3.63, 3.8) is 0 Å². The molecular formula is C14H14N4O2S. The normalized spacial score (nSPS) is 13.8. The topological polar surface area (TPSA) is 75.2 Å². The lowest BCUT2D eigenvalue weighted by molar-refractivity contribution is -0.115. The Hall–Kier alpha value is -2.28. The third-order valence-corrected chi connectivity index (χ3v) is 4.01. The van der Waals surface area contributed by atoms with E-state index in [0.717, 1.165) is 18.0 Å². The number of hydrogen-bond donors (Lipinski definition) is 1. The average molecular weight is 302 g/mol. The minimum absolute atomic E-state index is 0.0132. The van der Waals surface area contributed by atoms with E-state index in [9.17, 15) is 9.59 Å². The molecule has 0 unspecified atom stereocenters. The van der Waals surface area contributed by atoms with Crippen LogP contribution in [0.15, 0.2) is 24.3 Å². The molecule has 0 fully saturated rings. The Balaban J connectivity index is 1.98. The van der Waals surface area contributed by atoms with Crippen LogP contribution in [0.2, 0.25) is 0 Å². The number of aryl methyl sites for hydroxylation is 1. The number of carbonyl (C=O) groups excluding carboxylic acids is 2. The minimum Gasteiger partial charge on any atom is -0.323 e. The van der Waals surface area contributed by atoms with Gasteiger partial charge in [-0.1, -0.05) is 30.0 Å². The fourth-order valence-electron chi connectivity index (χ4n) is 2.31. The van der Waals surface area contributed by atoms with Gasteiger partial charge in [0.25, 0.3) is 5.91 Å². The highest BCUT2D eigenvalue weighted by molar-refractivity contribution is 7.08. The van der Waals surface area contributed by atoms with Gasteiger partial charge in [0.1, 0.15) is 11.4 Å². The Bertz CT molecular complexity index is 698. The number of carbonyl (C=O) groups is 2. The molecule has 0 saturated carbocycles. The summed E-state index contributed by atoms with van der Waals surface area (Å²) in [5.41, 5.74) is 2.06. The lowest BCUT2D eigenvalue weighted by atomic mass is 10.1. The van der Waals surface area contributed by atoms with Gasteiger partial charge in [0, 0.05) is 0 Å². The van der Waals surface area contributed by atoms with E-state index in [1.54, 1.807) is 6.07 Å². The third kappa shape index (κ3) is 2.52. The second-order valence-electron chi connectivity index (χ2n) is 4.76. The molecule has 0 atom stereocenters. The van der Waals surface area contributed by atoms with Crippen molar-refractivity contribution in [1.29, 1.82) is 0 Å². The number of rotatable bonds is 3. The summed E-state index contributed by atoms with van der Waals surface area (Å²) in [6.07, 6.45) is 1.60. The summed E-state index contributed by atoms with van der Waals surface area (Å²) in [6, 6.07) is 7.27. The van der Waals surface area contributed by atoms with Gasteiger partial charge in [-0.15, -0.1) is 5.10 Å². The van der Waals surface area contributed by atoms with E-state index < -0.39 is 0 Å². The summed E-state index contributed by atoms with van der Waals surface area (Å²) >= 11 is 1.08. The number of fused-ring (bicyclic) bond motifs is 1. The van der Waals surface area contributed by atoms with Gasteiger partial charge in [0.2, 0.25) is 5.91 Å². The average Bonchev–Trinajstić information content (AvgIpc) is 2.94. The van der Waals surface area contributed by atoms with Gasteiger partial charge in [-0.2, -0.15) is 0 Å². The van der Waals surface area contributed by atoms with Crippen molar-refractivity contribution in [3.05, 3.63) is 34.8 Å². The molecular weight excluding hydrogens is 288 g/mol. The Morgan fingerprint density at radius 2 is 2.24 bits per heavy atom. The van der Waals surface area contributed by atoms with Crippen LogP contribution in [0.1, 0.15) is 28.7 Å². The van der Waals surface area contributed by atoms with Crippen LogP contribution in [0.3, 0.4) is 0 Å². The Morgan fingerprint density at radius 3 is 3.05 bits per heavy atom. The Morgan fingerprint density at radius 1 is 1.43 bits per heavy atom. The summed E-state index contributed by atoms with van der Waals surface area (Å²) < 4.78 is 3.88. The molecule has 2 aromatic rings. The van der Waals surface area contributed by atoms with E-state index in [2.05, 4.69) is 14.9 Å². The zero-order chi connectivity index (χ0) is 14.8. The van der Waals surface area contributed by atoms with Crippen LogP contribution < -0.4 is 10.2 Å². The molecule has 2 heterocycles. The fraction of sp³-hybridized carbons (Fsp3) is 0.286. The lowest BCUT2D eigenvalue weighted by Crippen LogP contribution is -2.42. The molecule has 1 aromatic carbocycles. The highest BCUT2D eigenvalue weighted by Crippen LogP contribution is 2.31. The second kappa shape index (κ2) is 5.61. The molecule has 21 heavy (non-hydrogen) atoms. The molecule has 7 heteroatoms. The summed E-state index contributed by atoms with van der Waals surface area (Å²) in [4.78, 5) is 26.5. The molecule has 0 spiro atoms. The summed E-state index contributed by atoms with van der Waals surface area (Å²) in [5.74, 6) is -0.410. The number of nitrogens with zero attached hydrogens (tertiary/aromatic N) is 3. The molecule has 1 N–H and O–H groups in total. The van der Waals surface area contributed by atoms with Crippen molar-refractivity contribution >= 4 is 34.7 Å². The maximum atomic E-state index is 12.7. The van der Waals surface area contributed by atoms with Gasteiger partial charge >= 0.3 is 0 Å². The van der Waals surface area contributed by atoms with Crippen LogP contribution in [0.25, 0.3) is 0 Å². The van der Waals surface area contributed by atoms with Gasteiger partial charge in [-0.3, -0.25) is 14.5 Å². The number of benzene rings is 1. The van der Waals surface area contributed by atoms with Gasteiger partial charge in [-0.25, -0.2) is 0 Å². The molecule has 6 nitrogen and oxygen atoms in total. The third-order valence-electron chi connectivity index (χ3n) is 3.25. The molecule has 0 radical (unpaired) electrons. The molecule has 2 amide bonds. The van der Waals surface area contributed by atoms with Crippen molar-refractivity contribution < 1.29 is 9.59 Å². The Labute approximate surface area is 125 Å². The monoisotopic (exact) mass is 302 g/mol. The first-order valence-corrected chi connectivity index (χ1v) is 7.50. The fourth-order valence-corrected chi connectivity index (χ4v) is 2.97. The van der Waals surface area contributed by atoms with Crippen molar-refractivity contribution in [2.24, 2.45) is 0 Å². The quantitative estimate of drug-likeness (QED) is 0.942. The van der Waals surface area contributed by atoms with Crippen LogP contribution in [-0.4, -0.2) is 27.9 Å². The highest BCUT2D eigenvalue weighted by Gasteiger charge is 2.30. The smallest absolute Gasteiger partial charge is 0.272 e. The number of aromatic nitrogens is 2. The molecule has 0 saturated heterocycles. The van der Waals surface area contributed by atoms with E-state index in [-0.39, 0.29) is 18.4 Å². The molecule has 108 valence electrons. The van der Waals surface area contributed by atoms with Crippen molar-refractivity contribution in [2.75, 3.05) is 16.8 Å². The SMILES string of the molecule is CCCc1nnsc1C(=O)N1CC(=O)Nc2ccccc21. The lowest BCUT2D eigenvalue weighted by Gasteiger charge is -2.28. The number of anilines is 2. The van der Waals surface area contributed by atoms with Gasteiger partial charge in [-0.05, 0) is 30.1 Å². The number of hydrogen-bond acceptors (Lipinski definition) is 5. The van der Waals surface area contributed by atoms with Crippen molar-refractivity contribution in [1.82, 2.24) is 9.59 Å². The van der Waals surface area contributed by atoms with Crippen molar-refractivity contribution in [2.45, 2.75) is 19.8 Å². The van der Waals surface area contributed by atoms with Crippen LogP contribution in [-0.2, 0) is 11.2 Å². The first-order chi connectivity index (χ1) is 10.2. The van der Waals surface area contributed by atoms with Crippen molar-refractivity contribution in [3.8, 4) is 0 Å². The number of para-hydroxylation sites is 2. The van der Waals surface area contributed by atoms with Gasteiger partial charge < -0.3 is 5.32 Å². The minimum atomic E-state index is -0.212. The van der Waals surface area contributed by atoms with Gasteiger partial charge in [0.05, 0.1) is 17.1 Å². The second-order valence-corrected chi connectivity index (χ2v) is 5.51. The number of amides is 2. The molecule has 0 bridgehead atoms. The predicted octanol–water partition coefficient (Wildman–Crippen LogP) is 2.09.